The summed E-state index contributed by atoms with van der Waals surface area (Å²) in [6.07, 6.45) is 0.361. The molecule has 0 saturated heterocycles. The van der Waals surface area contributed by atoms with Crippen LogP contribution in [-0.4, -0.2) is 39.0 Å². The van der Waals surface area contributed by atoms with E-state index >= 15 is 0 Å². The van der Waals surface area contributed by atoms with Gasteiger partial charge in [0.1, 0.15) is 11.6 Å². The molecule has 2 aromatic heterocycles. The lowest BCUT2D eigenvalue weighted by Crippen LogP contribution is -2.50. The minimum atomic E-state index is -1.15. The average molecular weight is 477 g/mol. The second-order valence-corrected chi connectivity index (χ2v) is 8.68. The number of nitrogens with zero attached hydrogens (tertiary/aromatic N) is 2. The Labute approximate surface area is 200 Å². The molecule has 2 heterocycles. The highest BCUT2D eigenvalue weighted by Gasteiger charge is 2.24. The number of rotatable bonds is 10. The summed E-state index contributed by atoms with van der Waals surface area (Å²) >= 11 is 1.41. The zero-order valence-corrected chi connectivity index (χ0v) is 19.1. The molecule has 2 atom stereocenters. The third-order valence-corrected chi connectivity index (χ3v) is 6.01. The minimum Gasteiger partial charge on any atom is -0.480 e. The van der Waals surface area contributed by atoms with Crippen LogP contribution in [0, 0.1) is 0 Å². The zero-order chi connectivity index (χ0) is 23.9. The number of oxazole rings is 1. The fourth-order valence-corrected chi connectivity index (χ4v) is 4.16. The third kappa shape index (κ3) is 6.21. The van der Waals surface area contributed by atoms with E-state index in [1.54, 1.807) is 6.07 Å². The van der Waals surface area contributed by atoms with Crippen LogP contribution in [0.5, 0.6) is 0 Å². The van der Waals surface area contributed by atoms with Gasteiger partial charge in [-0.15, -0.1) is 0 Å². The van der Waals surface area contributed by atoms with Crippen molar-refractivity contribution >= 4 is 34.7 Å². The van der Waals surface area contributed by atoms with Gasteiger partial charge in [-0.25, -0.2) is 9.78 Å². The zero-order valence-electron chi connectivity index (χ0n) is 18.3. The van der Waals surface area contributed by atoms with Crippen LogP contribution in [0.3, 0.4) is 0 Å². The van der Waals surface area contributed by atoms with Gasteiger partial charge < -0.3 is 20.6 Å². The largest absolute Gasteiger partial charge is 0.480 e. The molecule has 0 saturated carbocycles. The summed E-state index contributed by atoms with van der Waals surface area (Å²) in [4.78, 5) is 33.3. The Balaban J connectivity index is 1.36. The van der Waals surface area contributed by atoms with E-state index in [0.29, 0.717) is 23.1 Å². The molecular weight excluding hydrogens is 452 g/mol. The number of hydrogen-bond acceptors (Lipinski definition) is 7. The Kier molecular flexibility index (Phi) is 7.56. The quantitative estimate of drug-likeness (QED) is 0.297. The van der Waals surface area contributed by atoms with Gasteiger partial charge in [0.2, 0.25) is 5.91 Å². The number of nitrogens with two attached hydrogens (primary N) is 1. The number of nitrogens with one attached hydrogen (secondary N) is 1. The molecule has 2 aromatic carbocycles. The predicted octanol–water partition coefficient (Wildman–Crippen LogP) is 3.20. The summed E-state index contributed by atoms with van der Waals surface area (Å²) in [5.41, 5.74) is 9.72. The normalized spacial score (nSPS) is 12.9. The van der Waals surface area contributed by atoms with E-state index in [-0.39, 0.29) is 6.42 Å². The van der Waals surface area contributed by atoms with Gasteiger partial charge in [-0.05, 0) is 36.2 Å². The van der Waals surface area contributed by atoms with Gasteiger partial charge in [-0.3, -0.25) is 9.78 Å². The Hall–Kier alpha value is -3.69. The van der Waals surface area contributed by atoms with Gasteiger partial charge in [0.05, 0.1) is 11.7 Å². The SMILES string of the molecule is N[C@@H](Cc1ccccc1)C(=O)NC(Cc1cccc(CSc2nc3ccccc3o2)n1)C(=O)O. The molecule has 174 valence electrons. The van der Waals surface area contributed by atoms with Crippen LogP contribution in [0.1, 0.15) is 17.0 Å². The predicted molar refractivity (Wildman–Crippen MR) is 129 cm³/mol. The highest BCUT2D eigenvalue weighted by molar-refractivity contribution is 7.98. The molecule has 34 heavy (non-hydrogen) atoms. The molecule has 0 radical (unpaired) electrons. The van der Waals surface area contributed by atoms with Crippen molar-refractivity contribution in [1.29, 1.82) is 0 Å². The number of para-hydroxylation sites is 2. The second kappa shape index (κ2) is 11.0. The maximum atomic E-state index is 12.5. The molecule has 1 unspecified atom stereocenters. The molecule has 9 heteroatoms. The molecule has 0 aliphatic carbocycles. The van der Waals surface area contributed by atoms with Gasteiger partial charge in [-0.1, -0.05) is 60.3 Å². The van der Waals surface area contributed by atoms with E-state index in [2.05, 4.69) is 15.3 Å². The first-order chi connectivity index (χ1) is 16.5. The number of pyridine rings is 1. The molecular formula is C25H24N4O4S. The van der Waals surface area contributed by atoms with Crippen molar-refractivity contribution < 1.29 is 19.1 Å². The highest BCUT2D eigenvalue weighted by Crippen LogP contribution is 2.25. The number of hydrogen-bond donors (Lipinski definition) is 3. The van der Waals surface area contributed by atoms with Crippen LogP contribution in [0.15, 0.2) is 82.4 Å². The summed E-state index contributed by atoms with van der Waals surface area (Å²) in [6.45, 7) is 0. The molecule has 4 aromatic rings. The van der Waals surface area contributed by atoms with Gasteiger partial charge in [0.15, 0.2) is 5.58 Å². The Morgan fingerprint density at radius 3 is 2.44 bits per heavy atom. The molecule has 0 fully saturated rings. The number of carbonyl (C=O) groups excluding carboxylic acids is 1. The Morgan fingerprint density at radius 2 is 1.68 bits per heavy atom. The minimum absolute atomic E-state index is 0.0422. The third-order valence-electron chi connectivity index (χ3n) is 5.15. The fraction of sp³-hybridized carbons (Fsp3) is 0.200. The average Bonchev–Trinajstić information content (AvgIpc) is 3.26. The first-order valence-electron chi connectivity index (χ1n) is 10.7. The van der Waals surface area contributed by atoms with Crippen molar-refractivity contribution in [2.45, 2.75) is 35.9 Å². The van der Waals surface area contributed by atoms with Crippen molar-refractivity contribution in [1.82, 2.24) is 15.3 Å². The van der Waals surface area contributed by atoms with E-state index in [9.17, 15) is 14.7 Å². The van der Waals surface area contributed by atoms with Crippen molar-refractivity contribution in [3.8, 4) is 0 Å². The number of aromatic nitrogens is 2. The smallest absolute Gasteiger partial charge is 0.326 e. The second-order valence-electron chi connectivity index (χ2n) is 7.76. The van der Waals surface area contributed by atoms with Gasteiger partial charge in [-0.2, -0.15) is 0 Å². The van der Waals surface area contributed by atoms with E-state index in [4.69, 9.17) is 10.2 Å². The molecule has 1 amide bonds. The molecule has 4 rings (SSSR count). The van der Waals surface area contributed by atoms with Crippen molar-refractivity contribution in [3.05, 3.63) is 89.7 Å². The Morgan fingerprint density at radius 1 is 0.941 bits per heavy atom. The topological polar surface area (TPSA) is 131 Å². The number of thioether (sulfide) groups is 1. The number of amides is 1. The maximum absolute atomic E-state index is 12.5. The van der Waals surface area contributed by atoms with Gasteiger partial charge >= 0.3 is 5.97 Å². The monoisotopic (exact) mass is 476 g/mol. The lowest BCUT2D eigenvalue weighted by atomic mass is 10.0. The van der Waals surface area contributed by atoms with Crippen LogP contribution < -0.4 is 11.1 Å². The van der Waals surface area contributed by atoms with Crippen molar-refractivity contribution in [2.24, 2.45) is 5.73 Å². The number of benzene rings is 2. The number of carboxylic acids is 1. The summed E-state index contributed by atoms with van der Waals surface area (Å²) in [7, 11) is 0. The lowest BCUT2D eigenvalue weighted by Gasteiger charge is -2.18. The highest BCUT2D eigenvalue weighted by atomic mass is 32.2. The maximum Gasteiger partial charge on any atom is 0.326 e. The molecule has 8 nitrogen and oxygen atoms in total. The van der Waals surface area contributed by atoms with E-state index in [0.717, 1.165) is 22.4 Å². The molecule has 0 bridgehead atoms. The Bertz CT molecular complexity index is 1250. The van der Waals surface area contributed by atoms with Crippen LogP contribution in [0.2, 0.25) is 0 Å². The standard InChI is InChI=1S/C25H24N4O4S/c26-19(13-16-7-2-1-3-8-16)23(30)28-21(24(31)32)14-17-9-6-10-18(27-17)15-34-25-29-20-11-4-5-12-22(20)33-25/h1-12,19,21H,13-15,26H2,(H,28,30)(H,31,32)/t19-,21?/m0/s1. The van der Waals surface area contributed by atoms with Gasteiger partial charge in [0, 0.05) is 17.9 Å². The summed E-state index contributed by atoms with van der Waals surface area (Å²) in [5, 5.41) is 12.7. The van der Waals surface area contributed by atoms with Crippen LogP contribution in [0.4, 0.5) is 0 Å². The lowest BCUT2D eigenvalue weighted by molar-refractivity contribution is -0.142. The fourth-order valence-electron chi connectivity index (χ4n) is 3.42. The molecule has 0 aliphatic heterocycles. The van der Waals surface area contributed by atoms with Crippen LogP contribution >= 0.6 is 11.8 Å². The number of aliphatic carboxylic acids is 1. The number of fused-ring (bicyclic) bond motifs is 1. The van der Waals surface area contributed by atoms with E-state index in [1.165, 1.54) is 11.8 Å². The van der Waals surface area contributed by atoms with Crippen LogP contribution in [0.25, 0.3) is 11.1 Å². The van der Waals surface area contributed by atoms with Crippen molar-refractivity contribution in [3.63, 3.8) is 0 Å². The van der Waals surface area contributed by atoms with Gasteiger partial charge in [0.25, 0.3) is 5.22 Å². The summed E-state index contributed by atoms with van der Waals surface area (Å²) in [5.74, 6) is -1.15. The number of carboxylic acid groups (broad SMARTS) is 1. The molecule has 0 spiro atoms. The molecule has 0 aliphatic rings. The van der Waals surface area contributed by atoms with Crippen molar-refractivity contribution in [2.75, 3.05) is 0 Å². The summed E-state index contributed by atoms with van der Waals surface area (Å²) < 4.78 is 5.71. The van der Waals surface area contributed by atoms with E-state index < -0.39 is 24.0 Å². The van der Waals surface area contributed by atoms with Crippen LogP contribution in [-0.2, 0) is 28.2 Å². The first kappa shape index (κ1) is 23.5. The first-order valence-corrected chi connectivity index (χ1v) is 11.7. The number of carbonyl (C=O) groups is 2. The molecule has 4 N–H and O–H groups in total. The van der Waals surface area contributed by atoms with E-state index in [1.807, 2.05) is 66.7 Å². The summed E-state index contributed by atoms with van der Waals surface area (Å²) in [6, 6.07) is 20.3.